The Bertz CT molecular complexity index is 1140. The monoisotopic (exact) mass is 550 g/mol. The van der Waals surface area contributed by atoms with Crippen molar-refractivity contribution in [1.82, 2.24) is 16.0 Å². The van der Waals surface area contributed by atoms with Crippen molar-refractivity contribution in [2.24, 2.45) is 5.92 Å². The van der Waals surface area contributed by atoms with Gasteiger partial charge in [0.15, 0.2) is 0 Å². The summed E-state index contributed by atoms with van der Waals surface area (Å²) in [5, 5.41) is 7.97. The highest BCUT2D eigenvalue weighted by Crippen LogP contribution is 2.26. The van der Waals surface area contributed by atoms with E-state index < -0.39 is 35.8 Å². The average molecular weight is 551 g/mol. The smallest absolute Gasteiger partial charge is 0.408 e. The number of nitrogens with zero attached hydrogens (tertiary/aromatic N) is 1. The van der Waals surface area contributed by atoms with Gasteiger partial charge in [-0.3, -0.25) is 14.4 Å². The van der Waals surface area contributed by atoms with E-state index >= 15 is 0 Å². The van der Waals surface area contributed by atoms with Gasteiger partial charge in [-0.2, -0.15) is 0 Å². The number of anilines is 1. The Morgan fingerprint density at radius 3 is 2.40 bits per heavy atom. The van der Waals surface area contributed by atoms with Crippen molar-refractivity contribution in [2.75, 3.05) is 24.5 Å². The highest BCUT2D eigenvalue weighted by Gasteiger charge is 2.29. The number of fused-ring (bicyclic) bond motifs is 1. The third-order valence-corrected chi connectivity index (χ3v) is 6.89. The molecule has 3 N–H and O–H groups in total. The van der Waals surface area contributed by atoms with E-state index in [1.165, 1.54) is 11.3 Å². The topological polar surface area (TPSA) is 117 Å². The SMILES string of the molecule is CCC(NC(=O)[C@H](CC(C)C)NC(=O)OCc1ccccc1)C(=O)C(=O)NCCCN1CCCc2ccccc21. The highest BCUT2D eigenvalue weighted by molar-refractivity contribution is 6.38. The fraction of sp³-hybridized carbons (Fsp3) is 0.484. The lowest BCUT2D eigenvalue weighted by molar-refractivity contribution is -0.140. The van der Waals surface area contributed by atoms with E-state index in [2.05, 4.69) is 39.0 Å². The second-order valence-corrected chi connectivity index (χ2v) is 10.6. The van der Waals surface area contributed by atoms with Crippen LogP contribution in [-0.2, 0) is 32.1 Å². The van der Waals surface area contributed by atoms with Crippen molar-refractivity contribution < 1.29 is 23.9 Å². The first kappa shape index (κ1) is 30.7. The van der Waals surface area contributed by atoms with Gasteiger partial charge in [-0.25, -0.2) is 4.79 Å². The van der Waals surface area contributed by atoms with E-state index in [-0.39, 0.29) is 18.9 Å². The average Bonchev–Trinajstić information content (AvgIpc) is 2.96. The maximum atomic E-state index is 13.1. The summed E-state index contributed by atoms with van der Waals surface area (Å²) >= 11 is 0. The zero-order chi connectivity index (χ0) is 28.9. The van der Waals surface area contributed by atoms with E-state index in [0.717, 1.165) is 31.5 Å². The van der Waals surface area contributed by atoms with Crippen molar-refractivity contribution in [1.29, 1.82) is 0 Å². The first-order valence-corrected chi connectivity index (χ1v) is 14.2. The van der Waals surface area contributed by atoms with Crippen molar-refractivity contribution in [3.63, 3.8) is 0 Å². The molecule has 9 nitrogen and oxygen atoms in total. The molecule has 0 saturated heterocycles. The molecule has 0 saturated carbocycles. The van der Waals surface area contributed by atoms with E-state index in [4.69, 9.17) is 4.74 Å². The summed E-state index contributed by atoms with van der Waals surface area (Å²) in [5.41, 5.74) is 3.40. The van der Waals surface area contributed by atoms with Crippen molar-refractivity contribution >= 4 is 29.4 Å². The molecule has 1 heterocycles. The van der Waals surface area contributed by atoms with Crippen LogP contribution in [0.4, 0.5) is 10.5 Å². The Labute approximate surface area is 237 Å². The first-order valence-electron chi connectivity index (χ1n) is 14.2. The Balaban J connectivity index is 1.46. The van der Waals surface area contributed by atoms with Gasteiger partial charge in [0.2, 0.25) is 11.7 Å². The quantitative estimate of drug-likeness (QED) is 0.244. The van der Waals surface area contributed by atoms with Crippen LogP contribution in [0.1, 0.15) is 57.6 Å². The molecular weight excluding hydrogens is 508 g/mol. The molecule has 9 heteroatoms. The zero-order valence-electron chi connectivity index (χ0n) is 23.8. The maximum Gasteiger partial charge on any atom is 0.408 e. The van der Waals surface area contributed by atoms with Crippen LogP contribution in [0.5, 0.6) is 0 Å². The number of carbonyl (C=O) groups excluding carboxylic acids is 4. The van der Waals surface area contributed by atoms with Gasteiger partial charge in [-0.1, -0.05) is 69.3 Å². The van der Waals surface area contributed by atoms with Gasteiger partial charge in [-0.15, -0.1) is 0 Å². The lowest BCUT2D eigenvalue weighted by Gasteiger charge is -2.31. The second kappa shape index (κ2) is 15.6. The van der Waals surface area contributed by atoms with Crippen LogP contribution in [0, 0.1) is 5.92 Å². The number of alkyl carbamates (subject to hydrolysis) is 1. The molecule has 1 unspecified atom stereocenters. The molecular formula is C31H42N4O5. The summed E-state index contributed by atoms with van der Waals surface area (Å²) in [7, 11) is 0. The summed E-state index contributed by atoms with van der Waals surface area (Å²) < 4.78 is 5.26. The van der Waals surface area contributed by atoms with Gasteiger partial charge in [-0.05, 0) is 55.2 Å². The number of ketones is 1. The molecule has 2 aromatic carbocycles. The zero-order valence-corrected chi connectivity index (χ0v) is 23.8. The number of rotatable bonds is 14. The molecule has 0 radical (unpaired) electrons. The summed E-state index contributed by atoms with van der Waals surface area (Å²) in [6.45, 7) is 7.76. The highest BCUT2D eigenvalue weighted by atomic mass is 16.5. The number of carbonyl (C=O) groups is 4. The predicted octanol–water partition coefficient (Wildman–Crippen LogP) is 3.75. The number of amides is 3. The number of ether oxygens (including phenoxy) is 1. The number of para-hydroxylation sites is 1. The Kier molecular flexibility index (Phi) is 12.0. The van der Waals surface area contributed by atoms with E-state index in [1.54, 1.807) is 6.92 Å². The molecule has 0 aliphatic carbocycles. The third-order valence-electron chi connectivity index (χ3n) is 6.89. The Morgan fingerprint density at radius 1 is 0.950 bits per heavy atom. The standard InChI is InChI=1S/C31H42N4O5/c1-4-25(28(36)30(38)32-17-11-19-35-18-10-15-24-14-8-9-16-27(24)35)33-29(37)26(20-22(2)3)34-31(39)40-21-23-12-6-5-7-13-23/h5-9,12-14,16,22,25-26H,4,10-11,15,17-21H2,1-3H3,(H,32,38)(H,33,37)(H,34,39)/t25?,26-/m0/s1. The van der Waals surface area contributed by atoms with Gasteiger partial charge < -0.3 is 25.6 Å². The van der Waals surface area contributed by atoms with Crippen molar-refractivity contribution in [2.45, 2.75) is 71.6 Å². The molecule has 0 aromatic heterocycles. The van der Waals surface area contributed by atoms with Crippen molar-refractivity contribution in [3.05, 3.63) is 65.7 Å². The summed E-state index contributed by atoms with van der Waals surface area (Å²) in [5.74, 6) is -1.85. The van der Waals surface area contributed by atoms with Crippen molar-refractivity contribution in [3.8, 4) is 0 Å². The minimum Gasteiger partial charge on any atom is -0.445 e. The molecule has 1 aliphatic heterocycles. The number of nitrogens with one attached hydrogen (secondary N) is 3. The summed E-state index contributed by atoms with van der Waals surface area (Å²) in [6.07, 6.45) is 2.74. The molecule has 3 amide bonds. The molecule has 2 aromatic rings. The number of aryl methyl sites for hydroxylation is 1. The molecule has 40 heavy (non-hydrogen) atoms. The fourth-order valence-corrected chi connectivity index (χ4v) is 4.80. The van der Waals surface area contributed by atoms with Gasteiger partial charge in [0.05, 0.1) is 6.04 Å². The first-order chi connectivity index (χ1) is 19.3. The molecule has 1 aliphatic rings. The van der Waals surface area contributed by atoms with Crippen LogP contribution in [0.25, 0.3) is 0 Å². The van der Waals surface area contributed by atoms with Gasteiger partial charge in [0.25, 0.3) is 5.91 Å². The van der Waals surface area contributed by atoms with Gasteiger partial charge in [0, 0.05) is 25.3 Å². The Hall–Kier alpha value is -3.88. The number of benzene rings is 2. The molecule has 2 atom stereocenters. The lowest BCUT2D eigenvalue weighted by atomic mass is 10.0. The van der Waals surface area contributed by atoms with Crippen LogP contribution >= 0.6 is 0 Å². The largest absolute Gasteiger partial charge is 0.445 e. The van der Waals surface area contributed by atoms with Crippen LogP contribution in [-0.4, -0.2) is 55.4 Å². The normalized spacial score (nSPS) is 14.1. The number of Topliss-reactive ketones (excluding diaryl/α,β-unsaturated/α-hetero) is 1. The molecule has 3 rings (SSSR count). The number of hydrogen-bond donors (Lipinski definition) is 3. The molecule has 0 fully saturated rings. The van der Waals surface area contributed by atoms with Crippen LogP contribution in [0.3, 0.4) is 0 Å². The van der Waals surface area contributed by atoms with Gasteiger partial charge >= 0.3 is 6.09 Å². The van der Waals surface area contributed by atoms with E-state index in [1.807, 2.05) is 50.2 Å². The maximum absolute atomic E-state index is 13.1. The summed E-state index contributed by atoms with van der Waals surface area (Å²) in [6, 6.07) is 15.7. The fourth-order valence-electron chi connectivity index (χ4n) is 4.80. The molecule has 0 spiro atoms. The Morgan fingerprint density at radius 2 is 1.68 bits per heavy atom. The van der Waals surface area contributed by atoms with Crippen LogP contribution in [0.2, 0.25) is 0 Å². The molecule has 0 bridgehead atoms. The molecule has 216 valence electrons. The predicted molar refractivity (Wildman–Crippen MR) is 155 cm³/mol. The van der Waals surface area contributed by atoms with E-state index in [0.29, 0.717) is 19.4 Å². The number of hydrogen-bond acceptors (Lipinski definition) is 6. The minimum absolute atomic E-state index is 0.0726. The lowest BCUT2D eigenvalue weighted by Crippen LogP contribution is -2.54. The van der Waals surface area contributed by atoms with Gasteiger partial charge in [0.1, 0.15) is 12.6 Å². The van der Waals surface area contributed by atoms with Crippen LogP contribution in [0.15, 0.2) is 54.6 Å². The third kappa shape index (κ3) is 9.39. The minimum atomic E-state index is -0.988. The van der Waals surface area contributed by atoms with Crippen LogP contribution < -0.4 is 20.9 Å². The summed E-state index contributed by atoms with van der Waals surface area (Å²) in [4.78, 5) is 53.2. The second-order valence-electron chi connectivity index (χ2n) is 10.6. The van der Waals surface area contributed by atoms with E-state index in [9.17, 15) is 19.2 Å².